The minimum atomic E-state index is -0.407. The minimum Gasteiger partial charge on any atom is -0.389 e. The molecule has 1 aromatic rings. The number of rotatable bonds is 3. The van der Waals surface area contributed by atoms with Crippen molar-refractivity contribution >= 4 is 0 Å². The molecular formula is C12H19NO. The highest BCUT2D eigenvalue weighted by Gasteiger charge is 2.12. The summed E-state index contributed by atoms with van der Waals surface area (Å²) in [4.78, 5) is 0. The maximum absolute atomic E-state index is 9.42. The summed E-state index contributed by atoms with van der Waals surface area (Å²) < 4.78 is 0. The predicted octanol–water partition coefficient (Wildman–Crippen LogP) is 2.02. The van der Waals surface area contributed by atoms with Gasteiger partial charge in [-0.2, -0.15) is 0 Å². The van der Waals surface area contributed by atoms with Crippen LogP contribution in [0, 0.1) is 0 Å². The molecule has 3 N–H and O–H groups in total. The van der Waals surface area contributed by atoms with Crippen molar-refractivity contribution in [1.29, 1.82) is 0 Å². The van der Waals surface area contributed by atoms with Crippen molar-refractivity contribution in [2.24, 2.45) is 5.73 Å². The van der Waals surface area contributed by atoms with Gasteiger partial charge in [-0.1, -0.05) is 24.3 Å². The number of nitrogens with two attached hydrogens (primary N) is 1. The number of aliphatic hydroxyl groups excluding tert-OH is 1. The van der Waals surface area contributed by atoms with Gasteiger partial charge in [-0.15, -0.1) is 0 Å². The van der Waals surface area contributed by atoms with Crippen molar-refractivity contribution in [3.8, 4) is 0 Å². The Bertz CT molecular complexity index is 299. The van der Waals surface area contributed by atoms with Gasteiger partial charge in [0.25, 0.3) is 0 Å². The lowest BCUT2D eigenvalue weighted by Crippen LogP contribution is -2.34. The van der Waals surface area contributed by atoms with Crippen molar-refractivity contribution in [1.82, 2.24) is 0 Å². The third kappa shape index (κ3) is 3.48. The molecule has 78 valence electrons. The summed E-state index contributed by atoms with van der Waals surface area (Å²) in [6.45, 7) is 5.77. The van der Waals surface area contributed by atoms with E-state index in [4.69, 9.17) is 5.73 Å². The highest BCUT2D eigenvalue weighted by atomic mass is 16.3. The molecule has 0 aromatic heterocycles. The van der Waals surface area contributed by atoms with Crippen LogP contribution < -0.4 is 5.73 Å². The van der Waals surface area contributed by atoms with Gasteiger partial charge in [0.2, 0.25) is 0 Å². The molecule has 0 aliphatic carbocycles. The molecule has 2 nitrogen and oxygen atoms in total. The van der Waals surface area contributed by atoms with Gasteiger partial charge in [-0.25, -0.2) is 0 Å². The molecule has 0 aliphatic heterocycles. The molecule has 0 spiro atoms. The van der Waals surface area contributed by atoms with Crippen molar-refractivity contribution in [2.75, 3.05) is 0 Å². The van der Waals surface area contributed by atoms with E-state index in [9.17, 15) is 5.11 Å². The summed E-state index contributed by atoms with van der Waals surface area (Å²) in [5.74, 6) is 0. The Morgan fingerprint density at radius 2 is 2.07 bits per heavy atom. The monoisotopic (exact) mass is 193 g/mol. The average Bonchev–Trinajstić information content (AvgIpc) is 2.01. The van der Waals surface area contributed by atoms with E-state index in [1.807, 2.05) is 38.1 Å². The van der Waals surface area contributed by atoms with Crippen LogP contribution in [0.1, 0.15) is 38.0 Å². The lowest BCUT2D eigenvalue weighted by atomic mass is 9.94. The topological polar surface area (TPSA) is 46.2 Å². The van der Waals surface area contributed by atoms with Crippen LogP contribution in [0.2, 0.25) is 0 Å². The van der Waals surface area contributed by atoms with Gasteiger partial charge in [0.05, 0.1) is 6.10 Å². The van der Waals surface area contributed by atoms with Gasteiger partial charge < -0.3 is 10.8 Å². The number of hydrogen-bond acceptors (Lipinski definition) is 2. The molecule has 0 fully saturated rings. The molecule has 1 unspecified atom stereocenters. The minimum absolute atomic E-state index is 0.197. The smallest absolute Gasteiger partial charge is 0.0762 e. The largest absolute Gasteiger partial charge is 0.389 e. The van der Waals surface area contributed by atoms with Crippen LogP contribution in [0.25, 0.3) is 0 Å². The zero-order valence-corrected chi connectivity index (χ0v) is 9.12. The molecule has 0 heterocycles. The predicted molar refractivity (Wildman–Crippen MR) is 59.0 cm³/mol. The Balaban J connectivity index is 2.84. The van der Waals surface area contributed by atoms with Crippen molar-refractivity contribution < 1.29 is 5.11 Å². The highest BCUT2D eigenvalue weighted by molar-refractivity contribution is 5.26. The van der Waals surface area contributed by atoms with Crippen LogP contribution in [-0.2, 0) is 6.42 Å². The van der Waals surface area contributed by atoms with Crippen LogP contribution in [0.4, 0.5) is 0 Å². The Labute approximate surface area is 85.8 Å². The second kappa shape index (κ2) is 4.11. The Kier molecular flexibility index (Phi) is 3.29. The van der Waals surface area contributed by atoms with Gasteiger partial charge in [-0.3, -0.25) is 0 Å². The second-order valence-electron chi connectivity index (χ2n) is 4.59. The first-order chi connectivity index (χ1) is 6.38. The maximum atomic E-state index is 9.42. The SMILES string of the molecule is CC(O)c1cccc(CC(C)(C)N)c1. The summed E-state index contributed by atoms with van der Waals surface area (Å²) in [5.41, 5.74) is 7.86. The molecule has 0 saturated carbocycles. The molecule has 0 amide bonds. The van der Waals surface area contributed by atoms with Crippen LogP contribution in [-0.4, -0.2) is 10.6 Å². The third-order valence-electron chi connectivity index (χ3n) is 2.09. The summed E-state index contributed by atoms with van der Waals surface area (Å²) in [6, 6.07) is 7.95. The van der Waals surface area contributed by atoms with E-state index in [0.717, 1.165) is 12.0 Å². The Morgan fingerprint density at radius 3 is 2.57 bits per heavy atom. The van der Waals surface area contributed by atoms with E-state index in [1.165, 1.54) is 5.56 Å². The van der Waals surface area contributed by atoms with Gasteiger partial charge in [0, 0.05) is 5.54 Å². The molecule has 14 heavy (non-hydrogen) atoms. The third-order valence-corrected chi connectivity index (χ3v) is 2.09. The average molecular weight is 193 g/mol. The maximum Gasteiger partial charge on any atom is 0.0762 e. The van der Waals surface area contributed by atoms with E-state index >= 15 is 0 Å². The molecule has 2 heteroatoms. The van der Waals surface area contributed by atoms with E-state index in [1.54, 1.807) is 6.92 Å². The number of hydrogen-bond donors (Lipinski definition) is 2. The highest BCUT2D eigenvalue weighted by Crippen LogP contribution is 2.16. The lowest BCUT2D eigenvalue weighted by Gasteiger charge is -2.19. The molecule has 1 aromatic carbocycles. The molecular weight excluding hydrogens is 174 g/mol. The fraction of sp³-hybridized carbons (Fsp3) is 0.500. The van der Waals surface area contributed by atoms with E-state index in [2.05, 4.69) is 0 Å². The Hall–Kier alpha value is -0.860. The molecule has 0 saturated heterocycles. The van der Waals surface area contributed by atoms with Crippen LogP contribution >= 0.6 is 0 Å². The summed E-state index contributed by atoms with van der Waals surface area (Å²) in [5, 5.41) is 9.42. The van der Waals surface area contributed by atoms with Gasteiger partial charge in [0.1, 0.15) is 0 Å². The fourth-order valence-electron chi connectivity index (χ4n) is 1.49. The molecule has 0 aliphatic rings. The van der Waals surface area contributed by atoms with E-state index in [-0.39, 0.29) is 5.54 Å². The van der Waals surface area contributed by atoms with Crippen LogP contribution in [0.15, 0.2) is 24.3 Å². The fourth-order valence-corrected chi connectivity index (χ4v) is 1.49. The Morgan fingerprint density at radius 1 is 1.43 bits per heavy atom. The van der Waals surface area contributed by atoms with Crippen LogP contribution in [0.5, 0.6) is 0 Å². The van der Waals surface area contributed by atoms with Crippen molar-refractivity contribution in [3.63, 3.8) is 0 Å². The van der Waals surface area contributed by atoms with Crippen LogP contribution in [0.3, 0.4) is 0 Å². The first kappa shape index (κ1) is 11.2. The van der Waals surface area contributed by atoms with Crippen molar-refractivity contribution in [3.05, 3.63) is 35.4 Å². The molecule has 0 radical (unpaired) electrons. The normalized spacial score (nSPS) is 14.1. The number of benzene rings is 1. The summed E-state index contributed by atoms with van der Waals surface area (Å²) >= 11 is 0. The first-order valence-electron chi connectivity index (χ1n) is 4.94. The van der Waals surface area contributed by atoms with E-state index in [0.29, 0.717) is 0 Å². The molecule has 1 atom stereocenters. The quantitative estimate of drug-likeness (QED) is 0.771. The van der Waals surface area contributed by atoms with Gasteiger partial charge in [-0.05, 0) is 38.3 Å². The second-order valence-corrected chi connectivity index (χ2v) is 4.59. The zero-order valence-electron chi connectivity index (χ0n) is 9.12. The van der Waals surface area contributed by atoms with Crippen molar-refractivity contribution in [2.45, 2.75) is 38.8 Å². The van der Waals surface area contributed by atoms with Gasteiger partial charge in [0.15, 0.2) is 0 Å². The first-order valence-corrected chi connectivity index (χ1v) is 4.94. The van der Waals surface area contributed by atoms with Gasteiger partial charge >= 0.3 is 0 Å². The zero-order chi connectivity index (χ0) is 10.8. The summed E-state index contributed by atoms with van der Waals surface area (Å²) in [7, 11) is 0. The van der Waals surface area contributed by atoms with E-state index < -0.39 is 6.10 Å². The molecule has 0 bridgehead atoms. The lowest BCUT2D eigenvalue weighted by molar-refractivity contribution is 0.199. The number of aliphatic hydroxyl groups is 1. The molecule has 1 rings (SSSR count). The summed E-state index contributed by atoms with van der Waals surface area (Å²) in [6.07, 6.45) is 0.420. The standard InChI is InChI=1S/C12H19NO/c1-9(14)11-6-4-5-10(7-11)8-12(2,3)13/h4-7,9,14H,8,13H2,1-3H3.